The van der Waals surface area contributed by atoms with Gasteiger partial charge in [-0.1, -0.05) is 18.2 Å². The molecule has 3 amide bonds. The first kappa shape index (κ1) is 18.9. The SMILES string of the molecule is C=CC(=O)NC1CN(c2cc(C)cc(Cl)c2)C(=O)N(c2cnccc2C)C1. The second-order valence-electron chi connectivity index (χ2n) is 6.56. The van der Waals surface area contributed by atoms with Crippen LogP contribution >= 0.6 is 11.6 Å². The summed E-state index contributed by atoms with van der Waals surface area (Å²) in [5, 5.41) is 3.45. The second kappa shape index (κ2) is 7.80. The number of urea groups is 1. The van der Waals surface area contributed by atoms with E-state index in [0.717, 1.165) is 11.1 Å². The number of carbonyl (C=O) groups is 2. The number of aromatic nitrogens is 1. The first-order valence-electron chi connectivity index (χ1n) is 8.59. The molecule has 1 fully saturated rings. The number of hydrogen-bond donors (Lipinski definition) is 1. The molecule has 1 aliphatic heterocycles. The molecule has 1 aliphatic rings. The first-order chi connectivity index (χ1) is 12.9. The summed E-state index contributed by atoms with van der Waals surface area (Å²) < 4.78 is 0. The Hall–Kier alpha value is -2.86. The van der Waals surface area contributed by atoms with Gasteiger partial charge in [-0.2, -0.15) is 0 Å². The van der Waals surface area contributed by atoms with Crippen LogP contribution in [-0.2, 0) is 4.79 Å². The number of nitrogens with zero attached hydrogens (tertiary/aromatic N) is 3. The van der Waals surface area contributed by atoms with Gasteiger partial charge >= 0.3 is 6.03 Å². The number of benzene rings is 1. The van der Waals surface area contributed by atoms with Crippen molar-refractivity contribution in [3.8, 4) is 0 Å². The van der Waals surface area contributed by atoms with Crippen molar-refractivity contribution in [2.24, 2.45) is 0 Å². The van der Waals surface area contributed by atoms with E-state index in [9.17, 15) is 9.59 Å². The molecule has 2 aromatic rings. The fraction of sp³-hybridized carbons (Fsp3) is 0.250. The summed E-state index contributed by atoms with van der Waals surface area (Å²) in [6.45, 7) is 8.03. The highest BCUT2D eigenvalue weighted by Gasteiger charge is 2.35. The average Bonchev–Trinajstić information content (AvgIpc) is 2.62. The summed E-state index contributed by atoms with van der Waals surface area (Å²) >= 11 is 6.19. The molecule has 1 saturated heterocycles. The van der Waals surface area contributed by atoms with E-state index in [1.54, 1.807) is 28.3 Å². The van der Waals surface area contributed by atoms with Crippen LogP contribution in [0.1, 0.15) is 11.1 Å². The van der Waals surface area contributed by atoms with Gasteiger partial charge < -0.3 is 5.32 Å². The molecule has 0 radical (unpaired) electrons. The van der Waals surface area contributed by atoms with E-state index in [-0.39, 0.29) is 18.0 Å². The molecule has 7 heteroatoms. The van der Waals surface area contributed by atoms with E-state index in [4.69, 9.17) is 11.6 Å². The Morgan fingerprint density at radius 1 is 1.30 bits per heavy atom. The van der Waals surface area contributed by atoms with Crippen LogP contribution in [0.5, 0.6) is 0 Å². The van der Waals surface area contributed by atoms with Gasteiger partial charge in [0.05, 0.1) is 17.9 Å². The van der Waals surface area contributed by atoms with E-state index in [1.165, 1.54) is 6.08 Å². The number of anilines is 2. The molecular weight excluding hydrogens is 364 g/mol. The zero-order valence-corrected chi connectivity index (χ0v) is 16.0. The number of rotatable bonds is 4. The van der Waals surface area contributed by atoms with Gasteiger partial charge in [0, 0.05) is 30.0 Å². The minimum atomic E-state index is -0.278. The number of amides is 3. The summed E-state index contributed by atoms with van der Waals surface area (Å²) in [4.78, 5) is 32.5. The highest BCUT2D eigenvalue weighted by Crippen LogP contribution is 2.29. The summed E-state index contributed by atoms with van der Waals surface area (Å²) in [5.41, 5.74) is 3.28. The predicted octanol–water partition coefficient (Wildman–Crippen LogP) is 3.47. The average molecular weight is 385 g/mol. The molecule has 6 nitrogen and oxygen atoms in total. The fourth-order valence-corrected chi connectivity index (χ4v) is 3.46. The summed E-state index contributed by atoms with van der Waals surface area (Å²) in [6, 6.07) is 6.87. The van der Waals surface area contributed by atoms with Crippen LogP contribution in [0.15, 0.2) is 49.3 Å². The molecule has 1 atom stereocenters. The van der Waals surface area contributed by atoms with E-state index >= 15 is 0 Å². The Morgan fingerprint density at radius 3 is 2.70 bits per heavy atom. The Kier molecular flexibility index (Phi) is 5.46. The summed E-state index contributed by atoms with van der Waals surface area (Å²) in [6.07, 6.45) is 4.57. The fourth-order valence-electron chi connectivity index (χ4n) is 3.18. The molecule has 2 heterocycles. The molecule has 27 heavy (non-hydrogen) atoms. The van der Waals surface area contributed by atoms with Crippen LogP contribution in [-0.4, -0.2) is 36.1 Å². The molecule has 0 bridgehead atoms. The van der Waals surface area contributed by atoms with Gasteiger partial charge in [-0.05, 0) is 55.3 Å². The van der Waals surface area contributed by atoms with Crippen LogP contribution in [0, 0.1) is 13.8 Å². The van der Waals surface area contributed by atoms with Gasteiger partial charge in [-0.3, -0.25) is 19.6 Å². The first-order valence-corrected chi connectivity index (χ1v) is 8.96. The maximum absolute atomic E-state index is 13.3. The number of halogens is 1. The molecule has 0 saturated carbocycles. The lowest BCUT2D eigenvalue weighted by Crippen LogP contribution is -2.61. The van der Waals surface area contributed by atoms with Crippen LogP contribution in [0.4, 0.5) is 16.2 Å². The quantitative estimate of drug-likeness (QED) is 0.821. The molecule has 1 N–H and O–H groups in total. The maximum Gasteiger partial charge on any atom is 0.329 e. The molecule has 0 aliphatic carbocycles. The molecule has 3 rings (SSSR count). The zero-order valence-electron chi connectivity index (χ0n) is 15.3. The predicted molar refractivity (Wildman–Crippen MR) is 107 cm³/mol. The minimum Gasteiger partial charge on any atom is -0.346 e. The number of hydrogen-bond acceptors (Lipinski definition) is 3. The standard InChI is InChI=1S/C20H21ClN4O2/c1-4-19(26)23-16-11-24(17-8-13(2)7-15(21)9-17)20(27)25(12-16)18-10-22-6-5-14(18)3/h4-10,16H,1,11-12H2,2-3H3,(H,23,26). The smallest absolute Gasteiger partial charge is 0.329 e. The Labute approximate surface area is 163 Å². The van der Waals surface area contributed by atoms with Crippen molar-refractivity contribution in [1.82, 2.24) is 10.3 Å². The molecule has 140 valence electrons. The lowest BCUT2D eigenvalue weighted by molar-refractivity contribution is -0.117. The highest BCUT2D eigenvalue weighted by molar-refractivity contribution is 6.31. The summed E-state index contributed by atoms with van der Waals surface area (Å²) in [5.74, 6) is -0.278. The summed E-state index contributed by atoms with van der Waals surface area (Å²) in [7, 11) is 0. The molecule has 1 unspecified atom stereocenters. The van der Waals surface area contributed by atoms with Crippen molar-refractivity contribution < 1.29 is 9.59 Å². The second-order valence-corrected chi connectivity index (χ2v) is 7.00. The molecule has 1 aromatic heterocycles. The van der Waals surface area contributed by atoms with Gasteiger partial charge in [0.1, 0.15) is 0 Å². The topological polar surface area (TPSA) is 65.5 Å². The number of nitrogens with one attached hydrogen (secondary N) is 1. The van der Waals surface area contributed by atoms with Crippen molar-refractivity contribution in [1.29, 1.82) is 0 Å². The van der Waals surface area contributed by atoms with Gasteiger partial charge in [0.15, 0.2) is 0 Å². The monoisotopic (exact) mass is 384 g/mol. The Morgan fingerprint density at radius 2 is 2.04 bits per heavy atom. The van der Waals surface area contributed by atoms with Crippen LogP contribution < -0.4 is 15.1 Å². The van der Waals surface area contributed by atoms with Gasteiger partial charge in [-0.25, -0.2) is 4.79 Å². The number of carbonyl (C=O) groups excluding carboxylic acids is 2. The third-order valence-electron chi connectivity index (χ3n) is 4.44. The highest BCUT2D eigenvalue weighted by atomic mass is 35.5. The third kappa shape index (κ3) is 4.11. The van der Waals surface area contributed by atoms with Gasteiger partial charge in [0.25, 0.3) is 0 Å². The Bertz CT molecular complexity index is 879. The lowest BCUT2D eigenvalue weighted by atomic mass is 10.1. The van der Waals surface area contributed by atoms with Crippen molar-refractivity contribution in [2.75, 3.05) is 22.9 Å². The zero-order chi connectivity index (χ0) is 19.6. The van der Waals surface area contributed by atoms with Crippen molar-refractivity contribution >= 4 is 34.9 Å². The van der Waals surface area contributed by atoms with E-state index in [0.29, 0.717) is 29.5 Å². The Balaban J connectivity index is 2.01. The number of pyridine rings is 1. The molecule has 1 aromatic carbocycles. The normalized spacial score (nSPS) is 17.0. The van der Waals surface area contributed by atoms with Crippen molar-refractivity contribution in [2.45, 2.75) is 19.9 Å². The van der Waals surface area contributed by atoms with Crippen LogP contribution in [0.25, 0.3) is 0 Å². The maximum atomic E-state index is 13.3. The number of aryl methyl sites for hydroxylation is 2. The lowest BCUT2D eigenvalue weighted by Gasteiger charge is -2.40. The van der Waals surface area contributed by atoms with Crippen molar-refractivity contribution in [3.63, 3.8) is 0 Å². The molecular formula is C20H21ClN4O2. The van der Waals surface area contributed by atoms with Gasteiger partial charge in [-0.15, -0.1) is 0 Å². The van der Waals surface area contributed by atoms with E-state index in [1.807, 2.05) is 32.0 Å². The minimum absolute atomic E-state index is 0.183. The molecule has 0 spiro atoms. The van der Waals surface area contributed by atoms with E-state index < -0.39 is 0 Å². The largest absolute Gasteiger partial charge is 0.346 e. The van der Waals surface area contributed by atoms with E-state index in [2.05, 4.69) is 16.9 Å². The third-order valence-corrected chi connectivity index (χ3v) is 4.66. The van der Waals surface area contributed by atoms with Crippen LogP contribution in [0.2, 0.25) is 5.02 Å². The van der Waals surface area contributed by atoms with Crippen molar-refractivity contribution in [3.05, 3.63) is 65.5 Å². The van der Waals surface area contributed by atoms with Gasteiger partial charge in [0.2, 0.25) is 5.91 Å². The van der Waals surface area contributed by atoms with Crippen LogP contribution in [0.3, 0.4) is 0 Å².